The molecule has 0 saturated heterocycles. The second-order valence-electron chi connectivity index (χ2n) is 11.6. The van der Waals surface area contributed by atoms with Crippen molar-refractivity contribution in [1.29, 1.82) is 0 Å². The van der Waals surface area contributed by atoms with Gasteiger partial charge in [-0.25, -0.2) is 4.57 Å². The molecule has 17 nitrogen and oxygen atoms in total. The standard InChI is InChI=1S/C31H50N3O14P/c35-27(36)19-32(15-16-33(20-28(37)38)21-29(39)40)18-26(34(22-30(41)42)23-31(43)44)24-48-49(45,46)47-17-11-6-4-2-1-3-5-8-12-25-13-9-7-10-14-25/h7,9-10,13-14,26H,1-6,8,11-12,15-24H2,(H,35,36)(H,37,38)(H,39,40)(H,41,42)(H,43,44)(H,45,46). The van der Waals surface area contributed by atoms with Crippen LogP contribution in [0.1, 0.15) is 56.9 Å². The Morgan fingerprint density at radius 2 is 1.06 bits per heavy atom. The summed E-state index contributed by atoms with van der Waals surface area (Å²) < 4.78 is 22.8. The Hall–Kier alpha value is -3.44. The molecule has 0 heterocycles. The van der Waals surface area contributed by atoms with Crippen LogP contribution in [0, 0.1) is 0 Å². The zero-order chi connectivity index (χ0) is 36.7. The maximum Gasteiger partial charge on any atom is 0.472 e. The Balaban J connectivity index is 2.69. The topological polar surface area (TPSA) is 252 Å². The van der Waals surface area contributed by atoms with Gasteiger partial charge in [0, 0.05) is 25.7 Å². The van der Waals surface area contributed by atoms with Gasteiger partial charge in [0.25, 0.3) is 0 Å². The van der Waals surface area contributed by atoms with Crippen LogP contribution in [0.4, 0.5) is 0 Å². The van der Waals surface area contributed by atoms with Crippen molar-refractivity contribution >= 4 is 37.7 Å². The van der Waals surface area contributed by atoms with E-state index in [2.05, 4.69) is 12.1 Å². The summed E-state index contributed by atoms with van der Waals surface area (Å²) in [7, 11) is -4.68. The molecule has 0 aromatic heterocycles. The summed E-state index contributed by atoms with van der Waals surface area (Å²) in [5, 5.41) is 46.3. The number of rotatable bonds is 31. The average molecular weight is 720 g/mol. The first-order chi connectivity index (χ1) is 23.2. The molecule has 0 aliphatic heterocycles. The molecular formula is C31H50N3O14P. The van der Waals surface area contributed by atoms with Crippen molar-refractivity contribution in [3.05, 3.63) is 35.9 Å². The van der Waals surface area contributed by atoms with Crippen LogP contribution in [0.3, 0.4) is 0 Å². The molecule has 49 heavy (non-hydrogen) atoms. The largest absolute Gasteiger partial charge is 0.480 e. The number of aliphatic carboxylic acids is 5. The summed E-state index contributed by atoms with van der Waals surface area (Å²) >= 11 is 0. The maximum atomic E-state index is 12.6. The van der Waals surface area contributed by atoms with Crippen molar-refractivity contribution in [2.75, 3.05) is 65.6 Å². The number of carboxylic acids is 5. The lowest BCUT2D eigenvalue weighted by molar-refractivity contribution is -0.145. The van der Waals surface area contributed by atoms with Crippen molar-refractivity contribution in [2.24, 2.45) is 0 Å². The molecule has 0 amide bonds. The molecule has 0 spiro atoms. The van der Waals surface area contributed by atoms with E-state index in [-0.39, 0.29) is 19.7 Å². The Labute approximate surface area is 285 Å². The predicted octanol–water partition coefficient (Wildman–Crippen LogP) is 2.18. The van der Waals surface area contributed by atoms with Crippen LogP contribution in [0.15, 0.2) is 30.3 Å². The lowest BCUT2D eigenvalue weighted by atomic mass is 10.0. The number of nitrogens with zero attached hydrogens (tertiary/aromatic N) is 3. The van der Waals surface area contributed by atoms with Crippen molar-refractivity contribution in [2.45, 2.75) is 63.8 Å². The van der Waals surface area contributed by atoms with Crippen LogP contribution in [0.5, 0.6) is 0 Å². The van der Waals surface area contributed by atoms with Crippen LogP contribution in [-0.2, 0) is 44.0 Å². The minimum absolute atomic E-state index is 0.0996. The highest BCUT2D eigenvalue weighted by atomic mass is 31.2. The number of phosphoric ester groups is 1. The highest BCUT2D eigenvalue weighted by molar-refractivity contribution is 7.47. The van der Waals surface area contributed by atoms with E-state index in [4.69, 9.17) is 19.3 Å². The number of carbonyl (C=O) groups is 5. The third-order valence-corrected chi connectivity index (χ3v) is 8.34. The number of phosphoric acid groups is 1. The van der Waals surface area contributed by atoms with Gasteiger partial charge < -0.3 is 30.4 Å². The normalized spacial score (nSPS) is 13.4. The van der Waals surface area contributed by atoms with Gasteiger partial charge in [0.05, 0.1) is 45.9 Å². The maximum absolute atomic E-state index is 12.6. The van der Waals surface area contributed by atoms with E-state index in [1.165, 1.54) is 10.5 Å². The number of unbranched alkanes of at least 4 members (excludes halogenated alkanes) is 7. The number of benzene rings is 1. The van der Waals surface area contributed by atoms with Gasteiger partial charge in [-0.1, -0.05) is 68.9 Å². The molecule has 1 aromatic rings. The zero-order valence-corrected chi connectivity index (χ0v) is 28.5. The first kappa shape index (κ1) is 43.6. The predicted molar refractivity (Wildman–Crippen MR) is 175 cm³/mol. The second kappa shape index (κ2) is 24.7. The molecule has 0 saturated carbocycles. The average Bonchev–Trinajstić information content (AvgIpc) is 2.99. The van der Waals surface area contributed by atoms with Crippen molar-refractivity contribution in [1.82, 2.24) is 14.7 Å². The Bertz CT molecular complexity index is 1170. The summed E-state index contributed by atoms with van der Waals surface area (Å²) in [6.45, 7) is -5.35. The SMILES string of the molecule is O=C(O)CN(CCN(CC(=O)O)CC(COP(=O)(O)OCCCCCCCCCCc1ccccc1)N(CC(=O)O)CC(=O)O)CC(=O)O. The van der Waals surface area contributed by atoms with E-state index in [0.717, 1.165) is 61.2 Å². The van der Waals surface area contributed by atoms with E-state index >= 15 is 0 Å². The second-order valence-corrected chi connectivity index (χ2v) is 13.1. The molecule has 0 aliphatic rings. The molecule has 278 valence electrons. The van der Waals surface area contributed by atoms with Gasteiger partial charge >= 0.3 is 37.7 Å². The first-order valence-corrected chi connectivity index (χ1v) is 17.6. The molecule has 0 radical (unpaired) electrons. The summed E-state index contributed by atoms with van der Waals surface area (Å²) in [6.07, 6.45) is 8.69. The third-order valence-electron chi connectivity index (χ3n) is 7.36. The Morgan fingerprint density at radius 3 is 1.57 bits per heavy atom. The molecule has 0 aliphatic carbocycles. The van der Waals surface area contributed by atoms with E-state index in [1.807, 2.05) is 18.2 Å². The van der Waals surface area contributed by atoms with Crippen molar-refractivity contribution < 1.29 is 68.0 Å². The molecule has 6 N–H and O–H groups in total. The molecule has 18 heteroatoms. The highest BCUT2D eigenvalue weighted by Crippen LogP contribution is 2.43. The highest BCUT2D eigenvalue weighted by Gasteiger charge is 2.30. The number of hydrogen-bond acceptors (Lipinski definition) is 11. The van der Waals surface area contributed by atoms with Gasteiger partial charge in [0.1, 0.15) is 0 Å². The van der Waals surface area contributed by atoms with Gasteiger partial charge in [-0.15, -0.1) is 0 Å². The van der Waals surface area contributed by atoms with Gasteiger partial charge in [0.2, 0.25) is 0 Å². The summed E-state index contributed by atoms with van der Waals surface area (Å²) in [4.78, 5) is 70.3. The van der Waals surface area contributed by atoms with Gasteiger partial charge in [-0.3, -0.25) is 47.7 Å². The Kier molecular flexibility index (Phi) is 21.9. The molecule has 0 bridgehead atoms. The molecule has 2 atom stereocenters. The van der Waals surface area contributed by atoms with Gasteiger partial charge in [-0.2, -0.15) is 0 Å². The molecule has 0 fully saturated rings. The minimum atomic E-state index is -4.68. The lowest BCUT2D eigenvalue weighted by Gasteiger charge is -2.34. The van der Waals surface area contributed by atoms with Crippen molar-refractivity contribution in [3.8, 4) is 0 Å². The van der Waals surface area contributed by atoms with Crippen LogP contribution < -0.4 is 0 Å². The summed E-state index contributed by atoms with van der Waals surface area (Å²) in [5.74, 6) is -6.85. The quantitative estimate of drug-likeness (QED) is 0.0475. The Morgan fingerprint density at radius 1 is 0.612 bits per heavy atom. The summed E-state index contributed by atoms with van der Waals surface area (Å²) in [5.41, 5.74) is 1.33. The third kappa shape index (κ3) is 23.5. The van der Waals surface area contributed by atoms with Crippen molar-refractivity contribution in [3.63, 3.8) is 0 Å². The fourth-order valence-corrected chi connectivity index (χ4v) is 5.87. The van der Waals surface area contributed by atoms with Crippen LogP contribution in [0.25, 0.3) is 0 Å². The van der Waals surface area contributed by atoms with E-state index in [1.54, 1.807) is 0 Å². The monoisotopic (exact) mass is 719 g/mol. The number of aryl methyl sites for hydroxylation is 1. The molecule has 1 aromatic carbocycles. The van der Waals surface area contributed by atoms with Crippen LogP contribution in [-0.4, -0.2) is 147 Å². The van der Waals surface area contributed by atoms with Crippen LogP contribution >= 0.6 is 7.82 Å². The van der Waals surface area contributed by atoms with E-state index in [9.17, 15) is 48.8 Å². The van der Waals surface area contributed by atoms with E-state index < -0.39 is 89.6 Å². The summed E-state index contributed by atoms with van der Waals surface area (Å²) in [6, 6.07) is 9.05. The molecular weight excluding hydrogens is 669 g/mol. The van der Waals surface area contributed by atoms with E-state index in [0.29, 0.717) is 6.42 Å². The fraction of sp³-hybridized carbons (Fsp3) is 0.645. The fourth-order valence-electron chi connectivity index (χ4n) is 5.07. The smallest absolute Gasteiger partial charge is 0.472 e. The van der Waals surface area contributed by atoms with Gasteiger partial charge in [0.15, 0.2) is 0 Å². The molecule has 2 unspecified atom stereocenters. The minimum Gasteiger partial charge on any atom is -0.480 e. The van der Waals surface area contributed by atoms with Crippen LogP contribution in [0.2, 0.25) is 0 Å². The van der Waals surface area contributed by atoms with Gasteiger partial charge in [-0.05, 0) is 24.8 Å². The number of hydrogen-bond donors (Lipinski definition) is 6. The molecule has 1 rings (SSSR count). The lowest BCUT2D eigenvalue weighted by Crippen LogP contribution is -2.52. The number of carboxylic acid groups (broad SMARTS) is 5. The first-order valence-electron chi connectivity index (χ1n) is 16.1. The zero-order valence-electron chi connectivity index (χ0n) is 27.6.